The van der Waals surface area contributed by atoms with Crippen LogP contribution in [0.1, 0.15) is 20.0 Å². The van der Waals surface area contributed by atoms with Gasteiger partial charge in [-0.05, 0) is 35.7 Å². The lowest BCUT2D eigenvalue weighted by Crippen LogP contribution is -2.34. The first kappa shape index (κ1) is 14.7. The van der Waals surface area contributed by atoms with E-state index in [4.69, 9.17) is 0 Å². The van der Waals surface area contributed by atoms with Crippen LogP contribution in [-0.4, -0.2) is 24.9 Å². The third-order valence-corrected chi connectivity index (χ3v) is 3.94. The Kier molecular flexibility index (Phi) is 5.31. The van der Waals surface area contributed by atoms with Gasteiger partial charge in [0.1, 0.15) is 0 Å². The average Bonchev–Trinajstić information content (AvgIpc) is 2.98. The molecule has 0 saturated carbocycles. The fourth-order valence-electron chi connectivity index (χ4n) is 1.55. The highest BCUT2D eigenvalue weighted by molar-refractivity contribution is 9.10. The monoisotopic (exact) mass is 352 g/mol. The van der Waals surface area contributed by atoms with E-state index in [0.717, 1.165) is 4.47 Å². The lowest BCUT2D eigenvalue weighted by Gasteiger charge is -2.06. The van der Waals surface area contributed by atoms with Crippen molar-refractivity contribution in [2.75, 3.05) is 13.1 Å². The second-order valence-corrected chi connectivity index (χ2v) is 5.86. The first-order chi connectivity index (χ1) is 9.66. The van der Waals surface area contributed by atoms with E-state index in [-0.39, 0.29) is 11.8 Å². The molecule has 4 nitrogen and oxygen atoms in total. The van der Waals surface area contributed by atoms with Gasteiger partial charge >= 0.3 is 0 Å². The standard InChI is InChI=1S/C14H13BrN2O2S/c15-11-5-3-10(4-6-11)13(18)16-7-8-17-14(19)12-2-1-9-20-12/h1-6,9H,7-8H2,(H,16,18)(H,17,19). The fourth-order valence-corrected chi connectivity index (χ4v) is 2.45. The number of hydrogen-bond donors (Lipinski definition) is 2. The maximum atomic E-state index is 11.8. The minimum Gasteiger partial charge on any atom is -0.350 e. The van der Waals surface area contributed by atoms with Crippen LogP contribution in [0.4, 0.5) is 0 Å². The molecule has 0 spiro atoms. The van der Waals surface area contributed by atoms with Crippen molar-refractivity contribution in [1.29, 1.82) is 0 Å². The highest BCUT2D eigenvalue weighted by Gasteiger charge is 2.06. The molecule has 0 aliphatic rings. The first-order valence-electron chi connectivity index (χ1n) is 6.02. The zero-order valence-corrected chi connectivity index (χ0v) is 13.0. The highest BCUT2D eigenvalue weighted by atomic mass is 79.9. The molecule has 104 valence electrons. The Hall–Kier alpha value is -1.66. The minimum atomic E-state index is -0.150. The van der Waals surface area contributed by atoms with E-state index >= 15 is 0 Å². The molecule has 1 heterocycles. The number of rotatable bonds is 5. The predicted octanol–water partition coefficient (Wildman–Crippen LogP) is 2.67. The lowest BCUT2D eigenvalue weighted by atomic mass is 10.2. The molecule has 2 amide bonds. The fraction of sp³-hybridized carbons (Fsp3) is 0.143. The Bertz CT molecular complexity index is 582. The zero-order valence-electron chi connectivity index (χ0n) is 10.6. The van der Waals surface area contributed by atoms with Gasteiger partial charge in [-0.25, -0.2) is 0 Å². The molecule has 6 heteroatoms. The van der Waals surface area contributed by atoms with E-state index in [9.17, 15) is 9.59 Å². The number of carbonyl (C=O) groups excluding carboxylic acids is 2. The van der Waals surface area contributed by atoms with Crippen molar-refractivity contribution < 1.29 is 9.59 Å². The number of benzene rings is 1. The minimum absolute atomic E-state index is 0.113. The van der Waals surface area contributed by atoms with Crippen molar-refractivity contribution in [3.05, 3.63) is 56.7 Å². The van der Waals surface area contributed by atoms with E-state index in [1.165, 1.54) is 11.3 Å². The summed E-state index contributed by atoms with van der Waals surface area (Å²) in [5.41, 5.74) is 0.595. The van der Waals surface area contributed by atoms with Gasteiger partial charge in [0, 0.05) is 23.1 Å². The average molecular weight is 353 g/mol. The van der Waals surface area contributed by atoms with Crippen LogP contribution in [0, 0.1) is 0 Å². The van der Waals surface area contributed by atoms with Gasteiger partial charge in [0.15, 0.2) is 0 Å². The summed E-state index contributed by atoms with van der Waals surface area (Å²) in [7, 11) is 0. The Labute approximate surface area is 129 Å². The molecule has 0 unspecified atom stereocenters. The molecule has 20 heavy (non-hydrogen) atoms. The van der Waals surface area contributed by atoms with Gasteiger partial charge in [0.25, 0.3) is 11.8 Å². The summed E-state index contributed by atoms with van der Waals surface area (Å²) in [6.07, 6.45) is 0. The number of halogens is 1. The predicted molar refractivity (Wildman–Crippen MR) is 83.1 cm³/mol. The van der Waals surface area contributed by atoms with Crippen LogP contribution in [0.3, 0.4) is 0 Å². The number of carbonyl (C=O) groups is 2. The van der Waals surface area contributed by atoms with Crippen LogP contribution in [0.2, 0.25) is 0 Å². The third-order valence-electron chi connectivity index (χ3n) is 2.55. The Morgan fingerprint density at radius 2 is 1.65 bits per heavy atom. The maximum absolute atomic E-state index is 11.8. The summed E-state index contributed by atoms with van der Waals surface area (Å²) in [6, 6.07) is 10.7. The number of amides is 2. The van der Waals surface area contributed by atoms with Gasteiger partial charge < -0.3 is 10.6 Å². The summed E-state index contributed by atoms with van der Waals surface area (Å²) in [5.74, 6) is -0.263. The third kappa shape index (κ3) is 4.18. The molecule has 0 atom stereocenters. The Balaban J connectivity index is 1.72. The van der Waals surface area contributed by atoms with Gasteiger partial charge in [-0.2, -0.15) is 0 Å². The van der Waals surface area contributed by atoms with E-state index in [0.29, 0.717) is 23.5 Å². The van der Waals surface area contributed by atoms with E-state index in [1.54, 1.807) is 18.2 Å². The maximum Gasteiger partial charge on any atom is 0.261 e. The molecule has 0 aliphatic carbocycles. The molecular weight excluding hydrogens is 340 g/mol. The quantitative estimate of drug-likeness (QED) is 0.812. The molecule has 2 rings (SSSR count). The molecule has 0 fully saturated rings. The molecule has 0 radical (unpaired) electrons. The second-order valence-electron chi connectivity index (χ2n) is 4.00. The SMILES string of the molecule is O=C(NCCNC(=O)c1cccs1)c1ccc(Br)cc1. The molecule has 0 aliphatic heterocycles. The normalized spacial score (nSPS) is 10.1. The van der Waals surface area contributed by atoms with Crippen LogP contribution in [0.15, 0.2) is 46.3 Å². The lowest BCUT2D eigenvalue weighted by molar-refractivity contribution is 0.0929. The molecule has 2 aromatic rings. The van der Waals surface area contributed by atoms with Crippen molar-refractivity contribution in [1.82, 2.24) is 10.6 Å². The Morgan fingerprint density at radius 3 is 2.25 bits per heavy atom. The van der Waals surface area contributed by atoms with Gasteiger partial charge in [-0.3, -0.25) is 9.59 Å². The molecule has 0 bridgehead atoms. The van der Waals surface area contributed by atoms with E-state index in [2.05, 4.69) is 26.6 Å². The van der Waals surface area contributed by atoms with Crippen molar-refractivity contribution in [2.45, 2.75) is 0 Å². The van der Waals surface area contributed by atoms with E-state index < -0.39 is 0 Å². The molecule has 2 N–H and O–H groups in total. The highest BCUT2D eigenvalue weighted by Crippen LogP contribution is 2.10. The topological polar surface area (TPSA) is 58.2 Å². The van der Waals surface area contributed by atoms with Gasteiger partial charge in [0.2, 0.25) is 0 Å². The summed E-state index contributed by atoms with van der Waals surface area (Å²) in [4.78, 5) is 24.1. The van der Waals surface area contributed by atoms with Crippen molar-refractivity contribution in [2.24, 2.45) is 0 Å². The summed E-state index contributed by atoms with van der Waals surface area (Å²) < 4.78 is 0.928. The van der Waals surface area contributed by atoms with Crippen LogP contribution in [0.25, 0.3) is 0 Å². The van der Waals surface area contributed by atoms with Crippen LogP contribution >= 0.6 is 27.3 Å². The molecule has 1 aromatic carbocycles. The van der Waals surface area contributed by atoms with E-state index in [1.807, 2.05) is 23.6 Å². The largest absolute Gasteiger partial charge is 0.350 e. The Morgan fingerprint density at radius 1 is 1.00 bits per heavy atom. The smallest absolute Gasteiger partial charge is 0.261 e. The number of hydrogen-bond acceptors (Lipinski definition) is 3. The molecule has 0 saturated heterocycles. The number of nitrogens with one attached hydrogen (secondary N) is 2. The summed E-state index contributed by atoms with van der Waals surface area (Å²) in [5, 5.41) is 7.36. The van der Waals surface area contributed by atoms with Crippen LogP contribution in [0.5, 0.6) is 0 Å². The van der Waals surface area contributed by atoms with Gasteiger partial charge in [-0.15, -0.1) is 11.3 Å². The number of thiophene rings is 1. The van der Waals surface area contributed by atoms with Crippen molar-refractivity contribution in [3.63, 3.8) is 0 Å². The zero-order chi connectivity index (χ0) is 14.4. The summed E-state index contributed by atoms with van der Waals surface area (Å²) >= 11 is 4.70. The van der Waals surface area contributed by atoms with Crippen molar-refractivity contribution in [3.8, 4) is 0 Å². The molecular formula is C14H13BrN2O2S. The van der Waals surface area contributed by atoms with Crippen molar-refractivity contribution >= 4 is 39.1 Å². The first-order valence-corrected chi connectivity index (χ1v) is 7.69. The van der Waals surface area contributed by atoms with Crippen LogP contribution in [-0.2, 0) is 0 Å². The van der Waals surface area contributed by atoms with Gasteiger partial charge in [-0.1, -0.05) is 22.0 Å². The second kappa shape index (κ2) is 7.21. The molecule has 1 aromatic heterocycles. The summed E-state index contributed by atoms with van der Waals surface area (Å²) in [6.45, 7) is 0.797. The van der Waals surface area contributed by atoms with Gasteiger partial charge in [0.05, 0.1) is 4.88 Å². The van der Waals surface area contributed by atoms with Crippen LogP contribution < -0.4 is 10.6 Å².